The van der Waals surface area contributed by atoms with Crippen LogP contribution >= 0.6 is 0 Å². The number of benzene rings is 5. The fourth-order valence-corrected chi connectivity index (χ4v) is 13.6. The number of aliphatic hydroxyl groups excluding tert-OH is 3. The number of amides is 5. The molecule has 5 aliphatic rings. The van der Waals surface area contributed by atoms with Crippen LogP contribution < -0.4 is 19.9 Å². The maximum atomic E-state index is 13.7. The number of hydrogen-bond acceptors (Lipinski definition) is 19. The number of hydrogen-bond donors (Lipinski definition) is 4. The first-order chi connectivity index (χ1) is 50.4. The number of nitriles is 2. The van der Waals surface area contributed by atoms with E-state index in [1.807, 2.05) is 140 Å². The molecule has 5 fully saturated rings. The van der Waals surface area contributed by atoms with Crippen LogP contribution in [-0.4, -0.2) is 216 Å². The van der Waals surface area contributed by atoms with Crippen LogP contribution in [0, 0.1) is 62.2 Å². The Morgan fingerprint density at radius 1 is 0.509 bits per heavy atom. The quantitative estimate of drug-likeness (QED) is 0.0593. The summed E-state index contributed by atoms with van der Waals surface area (Å²) in [4.78, 5) is 85.7. The van der Waals surface area contributed by atoms with E-state index < -0.39 is 47.2 Å². The second kappa shape index (κ2) is 39.2. The zero-order valence-corrected chi connectivity index (χ0v) is 64.4. The van der Waals surface area contributed by atoms with Crippen LogP contribution in [0.4, 0.5) is 30.6 Å². The largest absolute Gasteiger partial charge is 0.445 e. The van der Waals surface area contributed by atoms with Crippen LogP contribution in [0.5, 0.6) is 5.75 Å². The van der Waals surface area contributed by atoms with Crippen molar-refractivity contribution in [3.05, 3.63) is 159 Å². The van der Waals surface area contributed by atoms with E-state index in [4.69, 9.17) is 28.8 Å². The van der Waals surface area contributed by atoms with Gasteiger partial charge < -0.3 is 68.8 Å². The van der Waals surface area contributed by atoms with Crippen molar-refractivity contribution in [2.24, 2.45) is 11.8 Å². The summed E-state index contributed by atoms with van der Waals surface area (Å²) in [6.45, 7) is 32.1. The molecule has 106 heavy (non-hydrogen) atoms. The molecular weight excluding hydrogens is 1350 g/mol. The van der Waals surface area contributed by atoms with Crippen LogP contribution in [0.1, 0.15) is 148 Å². The number of ether oxygens (including phenoxy) is 5. The van der Waals surface area contributed by atoms with Gasteiger partial charge in [0.2, 0.25) is 0 Å². The lowest BCUT2D eigenvalue weighted by atomic mass is 9.86. The van der Waals surface area contributed by atoms with Gasteiger partial charge in [-0.05, 0) is 216 Å². The average molecular weight is 1460 g/mol. The van der Waals surface area contributed by atoms with Gasteiger partial charge in [0.25, 0.3) is 12.4 Å². The van der Waals surface area contributed by atoms with Crippen molar-refractivity contribution in [2.45, 2.75) is 170 Å². The van der Waals surface area contributed by atoms with Crippen molar-refractivity contribution in [1.29, 1.82) is 10.5 Å². The molecule has 0 bridgehead atoms. The van der Waals surface area contributed by atoms with Crippen molar-refractivity contribution in [3.63, 3.8) is 0 Å². The molecule has 0 aliphatic carbocycles. The molecule has 24 heteroatoms. The molecule has 5 aromatic carbocycles. The van der Waals surface area contributed by atoms with Gasteiger partial charge in [-0.15, -0.1) is 0 Å². The fraction of sp³-hybridized carbons (Fsp3) is 0.537. The number of nitrogens with zero attached hydrogens (tertiary/aromatic N) is 9. The van der Waals surface area contributed by atoms with Crippen LogP contribution in [0.25, 0.3) is 0 Å². The Hall–Kier alpha value is -9.46. The predicted octanol–water partition coefficient (Wildman–Crippen LogP) is 11.3. The molecule has 0 spiro atoms. The van der Waals surface area contributed by atoms with E-state index in [0.717, 1.165) is 105 Å². The van der Waals surface area contributed by atoms with E-state index in [1.165, 1.54) is 37.0 Å². The lowest BCUT2D eigenvalue weighted by molar-refractivity contribution is -0.120. The SMILES string of the molecule is CC(C)(C)OC(=O)N1CCN(C(=O)OCc2ccccc2)C[C@H]1CO.CC(C)(C)OC(=O)N1CCNC[C@H]1CO.Cc1cc(C)c(C(=O)N2CCN(C(=O)OC(C)(C)C)[C@H](CO)C2)cc1CC1CCN(c2ccccc2C#N)CC1.Cc1cc(C)c(OC=O)cc1CC1CCN(c2ccccc2C#N)CC1. The summed E-state index contributed by atoms with van der Waals surface area (Å²) in [5.41, 5.74) is 10.2. The Labute approximate surface area is 626 Å². The first-order valence-corrected chi connectivity index (χ1v) is 36.9. The Bertz CT molecular complexity index is 3820. The van der Waals surface area contributed by atoms with Crippen molar-refractivity contribution in [2.75, 3.05) is 115 Å². The molecule has 5 amide bonds. The fourth-order valence-electron chi connectivity index (χ4n) is 13.6. The normalized spacial score (nSPS) is 18.0. The molecule has 24 nitrogen and oxygen atoms in total. The van der Waals surface area contributed by atoms with E-state index in [-0.39, 0.29) is 57.6 Å². The van der Waals surface area contributed by atoms with Gasteiger partial charge in [0.05, 0.1) is 60.4 Å². The zero-order chi connectivity index (χ0) is 77.5. The van der Waals surface area contributed by atoms with E-state index in [1.54, 1.807) is 30.6 Å². The molecule has 4 N–H and O–H groups in total. The summed E-state index contributed by atoms with van der Waals surface area (Å²) in [5.74, 6) is 1.70. The molecule has 5 saturated heterocycles. The molecular formula is C82H112N10O14. The molecule has 10 rings (SSSR count). The summed E-state index contributed by atoms with van der Waals surface area (Å²) < 4.78 is 26.5. The lowest BCUT2D eigenvalue weighted by Gasteiger charge is -2.41. The van der Waals surface area contributed by atoms with Gasteiger partial charge in [-0.1, -0.05) is 66.7 Å². The van der Waals surface area contributed by atoms with E-state index >= 15 is 0 Å². The van der Waals surface area contributed by atoms with Crippen molar-refractivity contribution in [3.8, 4) is 17.9 Å². The van der Waals surface area contributed by atoms with Gasteiger partial charge in [-0.25, -0.2) is 19.2 Å². The predicted molar refractivity (Wildman–Crippen MR) is 407 cm³/mol. The maximum Gasteiger partial charge on any atom is 0.410 e. The summed E-state index contributed by atoms with van der Waals surface area (Å²) >= 11 is 0. The molecule has 0 aromatic heterocycles. The summed E-state index contributed by atoms with van der Waals surface area (Å²) in [6.07, 6.45) is 4.41. The van der Waals surface area contributed by atoms with Gasteiger partial charge in [0.15, 0.2) is 0 Å². The summed E-state index contributed by atoms with van der Waals surface area (Å²) in [6, 6.07) is 36.7. The standard InChI is InChI=1S/C32H42N4O4.C22H24N2O2.C18H26N2O5.C10H20N2O3/c1-22-16-23(2)28(30(38)35-14-15-36(27(20-35)21-37)31(39)40-32(3,4)5)18-26(22)17-24-10-12-34(13-11-24)29-9-7-6-8-25(29)19-33;1-16-11-17(2)22(26-15-25)13-20(16)12-18-7-9-24(10-8-18)21-6-4-3-5-19(21)14-23;1-18(2,3)25-17(23)20-10-9-19(11-15(20)12-21)16(22)24-13-14-7-5-4-6-8-14;1-10(2,3)15-9(14)12-5-4-11-6-8(12)7-13/h6-9,16,18,24,27,37H,10-15,17,20-21H2,1-5H3;3-6,11,13,15,18H,7-10,12H2,1-2H3;4-8,15,21H,9-13H2,1-3H3;8,11,13H,4-7H2,1-3H3/t27-;;15-;8-/m0.00/s1. The monoisotopic (exact) mass is 1460 g/mol. The minimum Gasteiger partial charge on any atom is -0.445 e. The topological polar surface area (TPSA) is 292 Å². The highest BCUT2D eigenvalue weighted by Gasteiger charge is 2.38. The van der Waals surface area contributed by atoms with Gasteiger partial charge in [-0.2, -0.15) is 10.5 Å². The van der Waals surface area contributed by atoms with Crippen molar-refractivity contribution < 1.29 is 67.8 Å². The Balaban J connectivity index is 0.000000208. The van der Waals surface area contributed by atoms with Crippen LogP contribution in [0.15, 0.2) is 103 Å². The Kier molecular flexibility index (Phi) is 31.0. The smallest absolute Gasteiger partial charge is 0.410 e. The molecule has 5 aliphatic heterocycles. The third-order valence-corrected chi connectivity index (χ3v) is 19.3. The van der Waals surface area contributed by atoms with E-state index in [9.17, 15) is 49.5 Å². The second-order valence-electron chi connectivity index (χ2n) is 30.9. The minimum atomic E-state index is -0.628. The number of anilines is 2. The first kappa shape index (κ1) is 83.8. The highest BCUT2D eigenvalue weighted by atomic mass is 16.6. The number of aryl methyl sites for hydroxylation is 4. The summed E-state index contributed by atoms with van der Waals surface area (Å²) in [7, 11) is 0. The number of piperazine rings is 3. The third-order valence-electron chi connectivity index (χ3n) is 19.3. The van der Waals surface area contributed by atoms with Gasteiger partial charge in [0, 0.05) is 90.6 Å². The number of rotatable bonds is 14. The highest BCUT2D eigenvalue weighted by molar-refractivity contribution is 5.96. The number of nitrogens with one attached hydrogen (secondary N) is 1. The Morgan fingerprint density at radius 3 is 1.39 bits per heavy atom. The Morgan fingerprint density at radius 2 is 0.934 bits per heavy atom. The number of piperidine rings is 2. The van der Waals surface area contributed by atoms with Crippen LogP contribution in [0.3, 0.4) is 0 Å². The van der Waals surface area contributed by atoms with E-state index in [0.29, 0.717) is 74.5 Å². The van der Waals surface area contributed by atoms with Crippen molar-refractivity contribution in [1.82, 2.24) is 29.8 Å². The highest BCUT2D eigenvalue weighted by Crippen LogP contribution is 2.33. The lowest BCUT2D eigenvalue weighted by Crippen LogP contribution is -2.58. The maximum absolute atomic E-state index is 13.7. The number of carbonyl (C=O) groups is 6. The van der Waals surface area contributed by atoms with E-state index in [2.05, 4.69) is 59.3 Å². The molecule has 0 unspecified atom stereocenters. The zero-order valence-electron chi connectivity index (χ0n) is 64.4. The number of aliphatic hydroxyl groups is 3. The minimum absolute atomic E-state index is 0.0355. The number of para-hydroxylation sites is 2. The third kappa shape index (κ3) is 24.8. The van der Waals surface area contributed by atoms with Crippen LogP contribution in [-0.2, 0) is 43.2 Å². The second-order valence-corrected chi connectivity index (χ2v) is 30.9. The molecule has 5 aromatic rings. The summed E-state index contributed by atoms with van der Waals surface area (Å²) in [5, 5.41) is 50.6. The molecule has 3 atom stereocenters. The molecule has 5 heterocycles. The first-order valence-electron chi connectivity index (χ1n) is 36.9. The van der Waals surface area contributed by atoms with Gasteiger partial charge >= 0.3 is 24.4 Å². The molecule has 574 valence electrons. The number of carbonyl (C=O) groups excluding carboxylic acids is 6. The average Bonchev–Trinajstić information content (AvgIpc) is 0.807. The van der Waals surface area contributed by atoms with Crippen LogP contribution in [0.2, 0.25) is 0 Å². The molecule has 0 saturated carbocycles. The van der Waals surface area contributed by atoms with Gasteiger partial charge in [-0.3, -0.25) is 19.4 Å². The van der Waals surface area contributed by atoms with Crippen molar-refractivity contribution >= 4 is 48.1 Å². The van der Waals surface area contributed by atoms with Gasteiger partial charge in [0.1, 0.15) is 41.3 Å². The molecule has 0 radical (unpaired) electrons.